The van der Waals surface area contributed by atoms with E-state index in [2.05, 4.69) is 16.0 Å². The van der Waals surface area contributed by atoms with Gasteiger partial charge >= 0.3 is 0 Å². The van der Waals surface area contributed by atoms with Gasteiger partial charge in [-0.3, -0.25) is 9.59 Å². The van der Waals surface area contributed by atoms with Gasteiger partial charge in [0.25, 0.3) is 5.91 Å². The van der Waals surface area contributed by atoms with Gasteiger partial charge in [0, 0.05) is 11.3 Å². The standard InChI is InChI=1S/C25H27N5O4S/c1-16(23(17(2)31)24(32)30(26)25-27-19-5-3-4-6-22(19)35-25)29-11-9-28(10-12-29)14-18-7-8-20-21(13-18)34-15-33-20/h3-8,13H,9-12,14-15,26H2,1-2H3/p+1/b23-16-. The van der Waals surface area contributed by atoms with Gasteiger partial charge in [0.2, 0.25) is 11.9 Å². The highest BCUT2D eigenvalue weighted by atomic mass is 32.1. The molecule has 2 aromatic carbocycles. The first-order valence-electron chi connectivity index (χ1n) is 11.5. The molecular weight excluding hydrogens is 466 g/mol. The number of rotatable bonds is 6. The monoisotopic (exact) mass is 494 g/mol. The lowest BCUT2D eigenvalue weighted by Crippen LogP contribution is -3.13. The van der Waals surface area contributed by atoms with Crippen LogP contribution in [0.5, 0.6) is 11.5 Å². The summed E-state index contributed by atoms with van der Waals surface area (Å²) >= 11 is 1.32. The molecule has 182 valence electrons. The number of amides is 1. The summed E-state index contributed by atoms with van der Waals surface area (Å²) < 4.78 is 11.8. The minimum atomic E-state index is -0.538. The van der Waals surface area contributed by atoms with Crippen LogP contribution < -0.4 is 25.2 Å². The van der Waals surface area contributed by atoms with Crippen molar-refractivity contribution < 1.29 is 24.0 Å². The van der Waals surface area contributed by atoms with Crippen LogP contribution in [0, 0.1) is 0 Å². The Labute approximate surface area is 207 Å². The van der Waals surface area contributed by atoms with E-state index < -0.39 is 5.91 Å². The van der Waals surface area contributed by atoms with Gasteiger partial charge in [0.15, 0.2) is 17.3 Å². The quantitative estimate of drug-likeness (QED) is 0.134. The van der Waals surface area contributed by atoms with E-state index >= 15 is 0 Å². The minimum absolute atomic E-state index is 0.103. The second-order valence-corrected chi connectivity index (χ2v) is 9.77. The van der Waals surface area contributed by atoms with Gasteiger partial charge in [0.05, 0.1) is 36.4 Å². The lowest BCUT2D eigenvalue weighted by Gasteiger charge is -2.35. The van der Waals surface area contributed by atoms with Gasteiger partial charge in [-0.05, 0) is 44.2 Å². The molecule has 1 amide bonds. The first-order valence-corrected chi connectivity index (χ1v) is 12.4. The van der Waals surface area contributed by atoms with Crippen molar-refractivity contribution in [1.82, 2.24) is 9.88 Å². The number of hydrogen-bond acceptors (Lipinski definition) is 8. The lowest BCUT2D eigenvalue weighted by molar-refractivity contribution is -0.917. The molecule has 3 heterocycles. The zero-order valence-corrected chi connectivity index (χ0v) is 20.6. The zero-order valence-electron chi connectivity index (χ0n) is 19.7. The van der Waals surface area contributed by atoms with Crippen molar-refractivity contribution >= 4 is 38.4 Å². The number of ketones is 1. The van der Waals surface area contributed by atoms with E-state index in [1.807, 2.05) is 43.3 Å². The van der Waals surface area contributed by atoms with Gasteiger partial charge in [-0.1, -0.05) is 23.5 Å². The van der Waals surface area contributed by atoms with E-state index in [-0.39, 0.29) is 18.1 Å². The Hall–Kier alpha value is -3.47. The first-order chi connectivity index (χ1) is 16.9. The molecule has 0 aliphatic carbocycles. The van der Waals surface area contributed by atoms with E-state index in [1.165, 1.54) is 28.7 Å². The second-order valence-electron chi connectivity index (χ2n) is 8.76. The van der Waals surface area contributed by atoms with Crippen LogP contribution in [-0.4, -0.2) is 54.5 Å². The average Bonchev–Trinajstić information content (AvgIpc) is 3.50. The molecular formula is C25H28N5O4S+. The van der Waals surface area contributed by atoms with Crippen molar-refractivity contribution in [3.05, 3.63) is 59.3 Å². The Morgan fingerprint density at radius 1 is 1.11 bits per heavy atom. The Bertz CT molecular complexity index is 1280. The number of nitrogens with zero attached hydrogens (tertiary/aromatic N) is 3. The Balaban J connectivity index is 1.27. The molecule has 5 rings (SSSR count). The summed E-state index contributed by atoms with van der Waals surface area (Å²) in [6, 6.07) is 13.6. The fourth-order valence-electron chi connectivity index (χ4n) is 4.56. The third-order valence-corrected chi connectivity index (χ3v) is 7.51. The number of fused-ring (bicyclic) bond motifs is 2. The van der Waals surface area contributed by atoms with Crippen molar-refractivity contribution in [2.45, 2.75) is 20.4 Å². The van der Waals surface area contributed by atoms with Crippen LogP contribution in [0.15, 0.2) is 53.7 Å². The number of hydrazine groups is 1. The van der Waals surface area contributed by atoms with E-state index in [0.29, 0.717) is 10.8 Å². The topological polar surface area (TPSA) is 102 Å². The molecule has 9 nitrogen and oxygen atoms in total. The Morgan fingerprint density at radius 2 is 1.86 bits per heavy atom. The molecule has 0 saturated carbocycles. The number of carbonyl (C=O) groups excluding carboxylic acids is 2. The number of nitrogens with two attached hydrogens (primary N) is 1. The highest BCUT2D eigenvalue weighted by Crippen LogP contribution is 2.32. The molecule has 0 spiro atoms. The second kappa shape index (κ2) is 9.65. The van der Waals surface area contributed by atoms with Crippen molar-refractivity contribution in [2.24, 2.45) is 5.84 Å². The third-order valence-electron chi connectivity index (χ3n) is 6.47. The van der Waals surface area contributed by atoms with Crippen LogP contribution in [0.1, 0.15) is 19.4 Å². The van der Waals surface area contributed by atoms with Gasteiger partial charge in [0.1, 0.15) is 12.1 Å². The summed E-state index contributed by atoms with van der Waals surface area (Å²) in [6.45, 7) is 7.62. The summed E-state index contributed by atoms with van der Waals surface area (Å²) in [6.07, 6.45) is 0. The van der Waals surface area contributed by atoms with E-state index in [4.69, 9.17) is 15.3 Å². The number of allylic oxidation sites excluding steroid dienone is 1. The van der Waals surface area contributed by atoms with E-state index in [9.17, 15) is 9.59 Å². The number of hydrogen-bond donors (Lipinski definition) is 2. The molecule has 10 heteroatoms. The normalized spacial score (nSPS) is 16.4. The maximum atomic E-state index is 13.3. The van der Waals surface area contributed by atoms with Gasteiger partial charge in [-0.15, -0.1) is 0 Å². The van der Waals surface area contributed by atoms with Crippen LogP contribution >= 0.6 is 11.3 Å². The van der Waals surface area contributed by atoms with Crippen LogP contribution in [0.25, 0.3) is 10.2 Å². The number of ether oxygens (including phenoxy) is 2. The highest BCUT2D eigenvalue weighted by Gasteiger charge is 2.29. The third kappa shape index (κ3) is 4.72. The summed E-state index contributed by atoms with van der Waals surface area (Å²) in [5.74, 6) is 6.90. The largest absolute Gasteiger partial charge is 0.454 e. The first kappa shape index (κ1) is 23.3. The number of anilines is 1. The van der Waals surface area contributed by atoms with Gasteiger partial charge < -0.3 is 19.3 Å². The fourth-order valence-corrected chi connectivity index (χ4v) is 5.45. The zero-order chi connectivity index (χ0) is 24.5. The highest BCUT2D eigenvalue weighted by molar-refractivity contribution is 7.22. The molecule has 0 atom stereocenters. The average molecular weight is 495 g/mol. The van der Waals surface area contributed by atoms with Crippen LogP contribution in [0.2, 0.25) is 0 Å². The maximum Gasteiger partial charge on any atom is 0.279 e. The van der Waals surface area contributed by atoms with Gasteiger partial charge in [-0.2, -0.15) is 0 Å². The molecule has 1 saturated heterocycles. The minimum Gasteiger partial charge on any atom is -0.454 e. The molecule has 1 fully saturated rings. The summed E-state index contributed by atoms with van der Waals surface area (Å²) in [7, 11) is 0. The summed E-state index contributed by atoms with van der Waals surface area (Å²) in [5.41, 5.74) is 2.72. The summed E-state index contributed by atoms with van der Waals surface area (Å²) in [5, 5.41) is 1.35. The predicted octanol–water partition coefficient (Wildman–Crippen LogP) is 1.50. The fraction of sp³-hybridized carbons (Fsp3) is 0.320. The van der Waals surface area contributed by atoms with Gasteiger partial charge in [-0.25, -0.2) is 15.8 Å². The van der Waals surface area contributed by atoms with Crippen molar-refractivity contribution in [3.63, 3.8) is 0 Å². The number of carbonyl (C=O) groups is 2. The van der Waals surface area contributed by atoms with Crippen LogP contribution in [0.4, 0.5) is 5.13 Å². The molecule has 1 aromatic heterocycles. The van der Waals surface area contributed by atoms with Crippen LogP contribution in [0.3, 0.4) is 0 Å². The number of aromatic nitrogens is 1. The molecule has 0 unspecified atom stereocenters. The molecule has 0 bridgehead atoms. The molecule has 35 heavy (non-hydrogen) atoms. The van der Waals surface area contributed by atoms with E-state index in [1.54, 1.807) is 0 Å². The number of benzene rings is 2. The van der Waals surface area contributed by atoms with Crippen molar-refractivity contribution in [1.29, 1.82) is 0 Å². The van der Waals surface area contributed by atoms with E-state index in [0.717, 1.165) is 59.4 Å². The number of quaternary nitrogens is 1. The number of piperazine rings is 1. The van der Waals surface area contributed by atoms with Crippen molar-refractivity contribution in [3.8, 4) is 11.5 Å². The lowest BCUT2D eigenvalue weighted by atomic mass is 10.1. The number of para-hydroxylation sites is 1. The molecule has 2 aliphatic rings. The smallest absolute Gasteiger partial charge is 0.279 e. The molecule has 3 aromatic rings. The number of nitrogens with one attached hydrogen (secondary N) is 1. The summed E-state index contributed by atoms with van der Waals surface area (Å²) in [4.78, 5) is 33.8. The Morgan fingerprint density at radius 3 is 2.60 bits per heavy atom. The maximum absolute atomic E-state index is 13.3. The molecule has 0 radical (unpaired) electrons. The molecule has 3 N–H and O–H groups in total. The Kier molecular flexibility index (Phi) is 6.42. The number of thiazole rings is 1. The van der Waals surface area contributed by atoms with Crippen molar-refractivity contribution in [2.75, 3.05) is 38.0 Å². The van der Waals surface area contributed by atoms with Crippen LogP contribution in [-0.2, 0) is 16.1 Å². The molecule has 2 aliphatic heterocycles. The SMILES string of the molecule is CC(=O)/C(C(=O)N(N)c1nc2ccccc2s1)=C(\C)N1CC[NH+](Cc2ccc3c(c2)OCO3)CC1. The predicted molar refractivity (Wildman–Crippen MR) is 133 cm³/mol. The number of Topliss-reactive ketones (excluding diaryl/α,β-unsaturated/α-hetero) is 1.